The fourth-order valence-electron chi connectivity index (χ4n) is 3.90. The Kier molecular flexibility index (Phi) is 4.23. The van der Waals surface area contributed by atoms with Gasteiger partial charge in [-0.1, -0.05) is 6.07 Å². The van der Waals surface area contributed by atoms with E-state index in [0.29, 0.717) is 17.2 Å². The van der Waals surface area contributed by atoms with Crippen LogP contribution in [0.1, 0.15) is 32.7 Å². The van der Waals surface area contributed by atoms with Crippen LogP contribution in [-0.4, -0.2) is 30.6 Å². The van der Waals surface area contributed by atoms with E-state index >= 15 is 0 Å². The van der Waals surface area contributed by atoms with Crippen LogP contribution in [-0.2, 0) is 13.1 Å². The topological polar surface area (TPSA) is 38.4 Å². The van der Waals surface area contributed by atoms with Gasteiger partial charge in [0.05, 0.1) is 12.7 Å². The van der Waals surface area contributed by atoms with Crippen LogP contribution in [0.2, 0.25) is 0 Å². The number of thiophene rings is 2. The van der Waals surface area contributed by atoms with E-state index in [2.05, 4.69) is 45.8 Å². The second kappa shape index (κ2) is 6.63. The largest absolute Gasteiger partial charge is 0.272 e. The summed E-state index contributed by atoms with van der Waals surface area (Å²) in [5, 5.41) is 9.08. The Hall–Kier alpha value is -1.87. The summed E-state index contributed by atoms with van der Waals surface area (Å²) >= 11 is 9.41. The second-order valence-corrected chi connectivity index (χ2v) is 9.22. The third-order valence-electron chi connectivity index (χ3n) is 5.06. The first-order chi connectivity index (χ1) is 13.1. The molecule has 5 nitrogen and oxygen atoms in total. The van der Waals surface area contributed by atoms with Crippen LogP contribution in [0.3, 0.4) is 0 Å². The van der Waals surface area contributed by atoms with Gasteiger partial charge in [0.1, 0.15) is 0 Å². The van der Waals surface area contributed by atoms with Gasteiger partial charge in [-0.2, -0.15) is 0 Å². The summed E-state index contributed by atoms with van der Waals surface area (Å²) in [6, 6.07) is 8.94. The van der Waals surface area contributed by atoms with Crippen LogP contribution in [0.4, 0.5) is 0 Å². The summed E-state index contributed by atoms with van der Waals surface area (Å²) in [5.74, 6) is 0.679. The zero-order valence-electron chi connectivity index (χ0n) is 15.1. The number of fused-ring (bicyclic) bond motifs is 2. The lowest BCUT2D eigenvalue weighted by atomic mass is 9.99. The zero-order chi connectivity index (χ0) is 18.5. The first-order valence-corrected chi connectivity index (χ1v) is 11.1. The van der Waals surface area contributed by atoms with E-state index in [-0.39, 0.29) is 6.04 Å². The SMILES string of the molecule is Cc1cc(C)n2c(=S)n(CN3CCc4sccc4[C@H]3c3cccs3)nc2n1. The van der Waals surface area contributed by atoms with Crippen molar-refractivity contribution in [3.8, 4) is 0 Å². The number of aromatic nitrogens is 4. The third-order valence-corrected chi connectivity index (χ3v) is 7.38. The molecule has 0 saturated carbocycles. The molecule has 0 N–H and O–H groups in total. The molecule has 138 valence electrons. The van der Waals surface area contributed by atoms with Crippen molar-refractivity contribution in [3.05, 3.63) is 66.5 Å². The average Bonchev–Trinajstić information content (AvgIpc) is 3.36. The van der Waals surface area contributed by atoms with E-state index in [1.807, 2.05) is 44.7 Å². The molecule has 1 atom stereocenters. The Morgan fingerprint density at radius 3 is 2.93 bits per heavy atom. The van der Waals surface area contributed by atoms with Gasteiger partial charge in [-0.15, -0.1) is 27.8 Å². The lowest BCUT2D eigenvalue weighted by molar-refractivity contribution is 0.158. The van der Waals surface area contributed by atoms with Crippen LogP contribution in [0.15, 0.2) is 35.0 Å². The van der Waals surface area contributed by atoms with Crippen molar-refractivity contribution in [2.75, 3.05) is 6.54 Å². The predicted octanol–water partition coefficient (Wildman–Crippen LogP) is 4.61. The van der Waals surface area contributed by atoms with Crippen LogP contribution >= 0.6 is 34.9 Å². The van der Waals surface area contributed by atoms with Gasteiger partial charge >= 0.3 is 0 Å². The number of rotatable bonds is 3. The highest BCUT2D eigenvalue weighted by Crippen LogP contribution is 2.39. The van der Waals surface area contributed by atoms with Gasteiger partial charge in [0.2, 0.25) is 4.77 Å². The molecular weight excluding hydrogens is 394 g/mol. The van der Waals surface area contributed by atoms with Crippen LogP contribution in [0, 0.1) is 18.6 Å². The minimum atomic E-state index is 0.266. The van der Waals surface area contributed by atoms with E-state index in [1.165, 1.54) is 15.3 Å². The van der Waals surface area contributed by atoms with Gasteiger partial charge in [0.15, 0.2) is 0 Å². The summed E-state index contributed by atoms with van der Waals surface area (Å²) in [4.78, 5) is 9.90. The van der Waals surface area contributed by atoms with Crippen molar-refractivity contribution in [3.63, 3.8) is 0 Å². The van der Waals surface area contributed by atoms with E-state index in [1.54, 1.807) is 0 Å². The summed E-state index contributed by atoms with van der Waals surface area (Å²) in [6.45, 7) is 5.71. The van der Waals surface area contributed by atoms with Crippen LogP contribution in [0.25, 0.3) is 5.78 Å². The summed E-state index contributed by atoms with van der Waals surface area (Å²) in [5.41, 5.74) is 3.46. The Morgan fingerprint density at radius 2 is 2.11 bits per heavy atom. The number of hydrogen-bond acceptors (Lipinski definition) is 6. The van der Waals surface area contributed by atoms with Crippen molar-refractivity contribution >= 4 is 40.7 Å². The number of aryl methyl sites for hydroxylation is 2. The number of hydrogen-bond donors (Lipinski definition) is 0. The van der Waals surface area contributed by atoms with E-state index in [0.717, 1.165) is 24.4 Å². The molecule has 0 spiro atoms. The first-order valence-electron chi connectivity index (χ1n) is 8.89. The fraction of sp³-hybridized carbons (Fsp3) is 0.316. The fourth-order valence-corrected chi connectivity index (χ4v) is 6.00. The maximum Gasteiger partial charge on any atom is 0.254 e. The highest BCUT2D eigenvalue weighted by Gasteiger charge is 2.31. The molecule has 0 unspecified atom stereocenters. The van der Waals surface area contributed by atoms with Gasteiger partial charge in [-0.05, 0) is 67.0 Å². The second-order valence-electron chi connectivity index (χ2n) is 6.88. The van der Waals surface area contributed by atoms with Crippen molar-refractivity contribution in [2.24, 2.45) is 0 Å². The van der Waals surface area contributed by atoms with Gasteiger partial charge in [0.25, 0.3) is 5.78 Å². The molecule has 0 aromatic carbocycles. The maximum atomic E-state index is 5.73. The van der Waals surface area contributed by atoms with Crippen molar-refractivity contribution in [1.29, 1.82) is 0 Å². The highest BCUT2D eigenvalue weighted by molar-refractivity contribution is 7.71. The number of nitrogens with zero attached hydrogens (tertiary/aromatic N) is 5. The molecule has 1 aliphatic rings. The molecule has 4 aromatic rings. The molecule has 0 saturated heterocycles. The first kappa shape index (κ1) is 17.2. The minimum absolute atomic E-state index is 0.266. The summed E-state index contributed by atoms with van der Waals surface area (Å²) in [6.07, 6.45) is 1.08. The molecule has 0 fully saturated rings. The highest BCUT2D eigenvalue weighted by atomic mass is 32.1. The van der Waals surface area contributed by atoms with Crippen molar-refractivity contribution < 1.29 is 0 Å². The lowest BCUT2D eigenvalue weighted by Crippen LogP contribution is -2.36. The Bertz CT molecular complexity index is 1170. The Labute approximate surface area is 170 Å². The zero-order valence-corrected chi connectivity index (χ0v) is 17.6. The Morgan fingerprint density at radius 1 is 1.22 bits per heavy atom. The van der Waals surface area contributed by atoms with Gasteiger partial charge < -0.3 is 0 Å². The summed E-state index contributed by atoms with van der Waals surface area (Å²) < 4.78 is 4.58. The molecular formula is C19H19N5S3. The van der Waals surface area contributed by atoms with E-state index in [9.17, 15) is 0 Å². The van der Waals surface area contributed by atoms with Crippen molar-refractivity contribution in [1.82, 2.24) is 24.1 Å². The molecule has 0 aliphatic carbocycles. The van der Waals surface area contributed by atoms with Crippen LogP contribution < -0.4 is 0 Å². The molecule has 27 heavy (non-hydrogen) atoms. The van der Waals surface area contributed by atoms with E-state index < -0.39 is 0 Å². The molecule has 0 bridgehead atoms. The monoisotopic (exact) mass is 413 g/mol. The van der Waals surface area contributed by atoms with Gasteiger partial charge in [-0.3, -0.25) is 9.30 Å². The standard InChI is InChI=1S/C19H19N5S3/c1-12-10-13(2)24-18(20-12)21-23(19(24)25)11-22-7-5-15-14(6-9-27-15)17(22)16-4-3-8-26-16/h3-4,6,8-10,17H,5,7,11H2,1-2H3/t17-/m0/s1. The lowest BCUT2D eigenvalue weighted by Gasteiger charge is -2.35. The smallest absolute Gasteiger partial charge is 0.254 e. The minimum Gasteiger partial charge on any atom is -0.272 e. The van der Waals surface area contributed by atoms with Gasteiger partial charge in [0, 0.05) is 27.7 Å². The van der Waals surface area contributed by atoms with Crippen molar-refractivity contribution in [2.45, 2.75) is 33.0 Å². The average molecular weight is 414 g/mol. The maximum absolute atomic E-state index is 5.73. The molecule has 1 aliphatic heterocycles. The third kappa shape index (κ3) is 2.87. The van der Waals surface area contributed by atoms with Crippen LogP contribution in [0.5, 0.6) is 0 Å². The quantitative estimate of drug-likeness (QED) is 0.460. The van der Waals surface area contributed by atoms with Gasteiger partial charge in [-0.25, -0.2) is 9.67 Å². The molecule has 5 heterocycles. The molecule has 0 radical (unpaired) electrons. The summed E-state index contributed by atoms with van der Waals surface area (Å²) in [7, 11) is 0. The molecule has 4 aromatic heterocycles. The predicted molar refractivity (Wildman–Crippen MR) is 112 cm³/mol. The van der Waals surface area contributed by atoms with E-state index in [4.69, 9.17) is 17.3 Å². The molecule has 0 amide bonds. The normalized spacial score (nSPS) is 17.5. The molecule has 8 heteroatoms. The Balaban J connectivity index is 1.57. The molecule has 5 rings (SSSR count).